The van der Waals surface area contributed by atoms with Gasteiger partial charge in [0.2, 0.25) is 0 Å². The van der Waals surface area contributed by atoms with E-state index in [1.54, 1.807) is 24.3 Å². The highest BCUT2D eigenvalue weighted by molar-refractivity contribution is 7.90. The molecule has 0 aromatic heterocycles. The maximum atomic E-state index is 12.6. The van der Waals surface area contributed by atoms with E-state index in [0.717, 1.165) is 72.8 Å². The summed E-state index contributed by atoms with van der Waals surface area (Å²) in [5.74, 6) is 0.0250. The number of nitro groups is 1. The third kappa shape index (κ3) is 7.29. The molecule has 1 N–H and O–H groups in total. The lowest BCUT2D eigenvalue weighted by molar-refractivity contribution is -0.385. The minimum Gasteiger partial charge on any atom is -0.494 e. The maximum absolute atomic E-state index is 12.6. The molecule has 0 unspecified atom stereocenters. The summed E-state index contributed by atoms with van der Waals surface area (Å²) < 4.78 is 33.0. The lowest BCUT2D eigenvalue weighted by atomic mass is 10.1. The Morgan fingerprint density at radius 2 is 1.68 bits per heavy atom. The summed E-state index contributed by atoms with van der Waals surface area (Å²) in [6.07, 6.45) is 0.907. The van der Waals surface area contributed by atoms with Crippen LogP contribution in [0.15, 0.2) is 65.6 Å². The van der Waals surface area contributed by atoms with Gasteiger partial charge in [0.15, 0.2) is 0 Å². The minimum atomic E-state index is -4.27. The second kappa shape index (κ2) is 12.7. The Labute approximate surface area is 238 Å². The molecule has 1 heterocycles. The molecule has 0 saturated carbocycles. The van der Waals surface area contributed by atoms with E-state index in [-0.39, 0.29) is 16.1 Å². The van der Waals surface area contributed by atoms with Gasteiger partial charge >= 0.3 is 0 Å². The summed E-state index contributed by atoms with van der Waals surface area (Å²) in [4.78, 5) is 27.1. The van der Waals surface area contributed by atoms with E-state index in [1.807, 2.05) is 30.7 Å². The van der Waals surface area contributed by atoms with Crippen LogP contribution in [-0.4, -0.2) is 63.5 Å². The molecule has 0 spiro atoms. The first-order valence-electron chi connectivity index (χ1n) is 12.8. The summed E-state index contributed by atoms with van der Waals surface area (Å²) in [5.41, 5.74) is 2.74. The van der Waals surface area contributed by atoms with Crippen LogP contribution in [0.4, 0.5) is 11.4 Å². The molecule has 4 rings (SSSR count). The highest BCUT2D eigenvalue weighted by Gasteiger charge is 2.22. The number of anilines is 1. The Bertz CT molecular complexity index is 1470. The molecule has 1 aliphatic rings. The molecule has 12 heteroatoms. The van der Waals surface area contributed by atoms with Gasteiger partial charge in [-0.05, 0) is 73.9 Å². The monoisotopic (exact) mass is 586 g/mol. The lowest BCUT2D eigenvalue weighted by Crippen LogP contribution is -2.46. The molecule has 1 saturated heterocycles. The predicted octanol–water partition coefficient (Wildman–Crippen LogP) is 4.57. The molecule has 1 aliphatic heterocycles. The molecule has 3 aromatic carbocycles. The van der Waals surface area contributed by atoms with Crippen molar-refractivity contribution in [1.82, 2.24) is 9.62 Å². The molecule has 1 amide bonds. The maximum Gasteiger partial charge on any atom is 0.270 e. The first kappa shape index (κ1) is 29.3. The van der Waals surface area contributed by atoms with Gasteiger partial charge in [-0.2, -0.15) is 0 Å². The van der Waals surface area contributed by atoms with Crippen molar-refractivity contribution in [3.63, 3.8) is 0 Å². The second-order valence-electron chi connectivity index (χ2n) is 9.64. The van der Waals surface area contributed by atoms with Gasteiger partial charge in [0.1, 0.15) is 5.75 Å². The molecule has 3 aromatic rings. The van der Waals surface area contributed by atoms with Crippen LogP contribution >= 0.6 is 11.6 Å². The van der Waals surface area contributed by atoms with Crippen LogP contribution in [0.2, 0.25) is 5.02 Å². The van der Waals surface area contributed by atoms with Crippen molar-refractivity contribution >= 4 is 38.9 Å². The van der Waals surface area contributed by atoms with Gasteiger partial charge in [-0.15, -0.1) is 0 Å². The Kier molecular flexibility index (Phi) is 9.28. The molecular formula is C28H31ClN4O6S. The number of sulfonamides is 1. The first-order chi connectivity index (χ1) is 19.0. The zero-order chi connectivity index (χ0) is 28.9. The van der Waals surface area contributed by atoms with Crippen LogP contribution in [0.1, 0.15) is 27.9 Å². The average molecular weight is 587 g/mol. The van der Waals surface area contributed by atoms with Gasteiger partial charge in [0.05, 0.1) is 16.4 Å². The van der Waals surface area contributed by atoms with Crippen LogP contribution in [0.3, 0.4) is 0 Å². The number of hydrogen-bond donors (Lipinski definition) is 1. The van der Waals surface area contributed by atoms with Gasteiger partial charge in [0.25, 0.3) is 21.6 Å². The Morgan fingerprint density at radius 1 is 1.02 bits per heavy atom. The Morgan fingerprint density at radius 3 is 2.30 bits per heavy atom. The molecule has 0 atom stereocenters. The summed E-state index contributed by atoms with van der Waals surface area (Å²) in [7, 11) is -4.27. The van der Waals surface area contributed by atoms with Gasteiger partial charge < -0.3 is 9.64 Å². The van der Waals surface area contributed by atoms with E-state index in [0.29, 0.717) is 6.61 Å². The molecule has 0 aliphatic carbocycles. The van der Waals surface area contributed by atoms with Crippen molar-refractivity contribution in [2.75, 3.05) is 44.2 Å². The Balaban J connectivity index is 1.24. The van der Waals surface area contributed by atoms with Crippen LogP contribution in [0.25, 0.3) is 0 Å². The summed E-state index contributed by atoms with van der Waals surface area (Å²) >= 11 is 6.22. The number of nitrogens with one attached hydrogen (secondary N) is 1. The van der Waals surface area contributed by atoms with E-state index in [2.05, 4.69) is 9.80 Å². The standard InChI is InChI=1S/C28H31ClN4O6S/c1-20-17-25(18-21(2)27(20)29)39-16-4-11-31-12-14-32(15-13-31)23-9-7-22(8-10-23)28(34)30-40(37,38)26-6-3-5-24(19-26)33(35)36/h3,5-10,17-19H,4,11-16H2,1-2H3,(H,30,34). The van der Waals surface area contributed by atoms with Crippen molar-refractivity contribution < 1.29 is 22.9 Å². The van der Waals surface area contributed by atoms with Crippen molar-refractivity contribution in [3.05, 3.63) is 92.5 Å². The second-order valence-corrected chi connectivity index (χ2v) is 11.7. The number of hydrogen-bond acceptors (Lipinski definition) is 8. The number of rotatable bonds is 10. The lowest BCUT2D eigenvalue weighted by Gasteiger charge is -2.36. The van der Waals surface area contributed by atoms with Gasteiger partial charge in [0, 0.05) is 61.1 Å². The van der Waals surface area contributed by atoms with Crippen LogP contribution in [-0.2, 0) is 10.0 Å². The van der Waals surface area contributed by atoms with Crippen molar-refractivity contribution in [3.8, 4) is 5.75 Å². The SMILES string of the molecule is Cc1cc(OCCCN2CCN(c3ccc(C(=O)NS(=O)(=O)c4cccc([N+](=O)[O-])c4)cc3)CC2)cc(C)c1Cl. The fraction of sp³-hybridized carbons (Fsp3) is 0.321. The third-order valence-corrected chi connectivity index (χ3v) is 8.65. The molecule has 1 fully saturated rings. The normalized spacial score (nSPS) is 14.1. The molecule has 10 nitrogen and oxygen atoms in total. The summed E-state index contributed by atoms with van der Waals surface area (Å²) in [6, 6.07) is 15.2. The highest BCUT2D eigenvalue weighted by atomic mass is 35.5. The number of ether oxygens (including phenoxy) is 1. The largest absolute Gasteiger partial charge is 0.494 e. The van der Waals surface area contributed by atoms with Crippen LogP contribution in [0, 0.1) is 24.0 Å². The van der Waals surface area contributed by atoms with Gasteiger partial charge in [-0.1, -0.05) is 17.7 Å². The van der Waals surface area contributed by atoms with E-state index in [9.17, 15) is 23.3 Å². The summed E-state index contributed by atoms with van der Waals surface area (Å²) in [5, 5.41) is 11.7. The minimum absolute atomic E-state index is 0.169. The van der Waals surface area contributed by atoms with E-state index < -0.39 is 20.9 Å². The van der Waals surface area contributed by atoms with E-state index >= 15 is 0 Å². The number of nitro benzene ring substituents is 1. The first-order valence-corrected chi connectivity index (χ1v) is 14.7. The fourth-order valence-corrected chi connectivity index (χ4v) is 5.65. The number of halogens is 1. The number of benzene rings is 3. The molecule has 212 valence electrons. The van der Waals surface area contributed by atoms with Crippen LogP contribution < -0.4 is 14.4 Å². The molecule has 0 radical (unpaired) electrons. The quantitative estimate of drug-likeness (QED) is 0.208. The molecular weight excluding hydrogens is 556 g/mol. The highest BCUT2D eigenvalue weighted by Crippen LogP contribution is 2.26. The molecule has 0 bridgehead atoms. The van der Waals surface area contributed by atoms with Crippen molar-refractivity contribution in [2.24, 2.45) is 0 Å². The van der Waals surface area contributed by atoms with Crippen LogP contribution in [0.5, 0.6) is 5.75 Å². The van der Waals surface area contributed by atoms with E-state index in [1.165, 1.54) is 18.2 Å². The number of carbonyl (C=O) groups excluding carboxylic acids is 1. The van der Waals surface area contributed by atoms with Crippen molar-refractivity contribution in [1.29, 1.82) is 0 Å². The van der Waals surface area contributed by atoms with E-state index in [4.69, 9.17) is 16.3 Å². The number of piperazine rings is 1. The number of aryl methyl sites for hydroxylation is 2. The zero-order valence-corrected chi connectivity index (χ0v) is 23.9. The summed E-state index contributed by atoms with van der Waals surface area (Å²) in [6.45, 7) is 8.92. The average Bonchev–Trinajstić information content (AvgIpc) is 2.94. The number of carbonyl (C=O) groups is 1. The van der Waals surface area contributed by atoms with Crippen molar-refractivity contribution in [2.45, 2.75) is 25.2 Å². The number of non-ortho nitro benzene ring substituents is 1. The number of nitrogens with zero attached hydrogens (tertiary/aromatic N) is 3. The third-order valence-electron chi connectivity index (χ3n) is 6.73. The topological polar surface area (TPSA) is 122 Å². The number of amides is 1. The predicted molar refractivity (Wildman–Crippen MR) is 154 cm³/mol. The van der Waals surface area contributed by atoms with Gasteiger partial charge in [-0.25, -0.2) is 13.1 Å². The fourth-order valence-electron chi connectivity index (χ4n) is 4.53. The van der Waals surface area contributed by atoms with Gasteiger partial charge in [-0.3, -0.25) is 19.8 Å². The molecule has 40 heavy (non-hydrogen) atoms. The zero-order valence-electron chi connectivity index (χ0n) is 22.3. The Hall–Kier alpha value is -3.67. The smallest absolute Gasteiger partial charge is 0.270 e.